The molecule has 0 amide bonds. The number of aromatic nitrogens is 2. The maximum absolute atomic E-state index is 13.5. The van der Waals surface area contributed by atoms with E-state index in [2.05, 4.69) is 38.5 Å². The quantitative estimate of drug-likeness (QED) is 0.430. The number of hydrogen-bond donors (Lipinski definition) is 2. The first-order valence-corrected chi connectivity index (χ1v) is 12.6. The zero-order valence-corrected chi connectivity index (χ0v) is 20.2. The zero-order chi connectivity index (χ0) is 23.5. The molecular formula is C26H31ClFN5O. The third kappa shape index (κ3) is 4.97. The molecule has 180 valence electrons. The van der Waals surface area contributed by atoms with Crippen LogP contribution in [0.5, 0.6) is 5.75 Å². The molecule has 3 heterocycles. The van der Waals surface area contributed by atoms with E-state index in [0.29, 0.717) is 18.1 Å². The second-order valence-electron chi connectivity index (χ2n) is 9.15. The summed E-state index contributed by atoms with van der Waals surface area (Å²) in [4.78, 5) is 11.5. The van der Waals surface area contributed by atoms with Crippen molar-refractivity contribution in [3.63, 3.8) is 0 Å². The van der Waals surface area contributed by atoms with E-state index in [4.69, 9.17) is 16.3 Å². The number of ether oxygens (including phenoxy) is 1. The topological polar surface area (TPSA) is 62.3 Å². The van der Waals surface area contributed by atoms with Crippen molar-refractivity contribution in [2.24, 2.45) is 5.92 Å². The van der Waals surface area contributed by atoms with E-state index in [1.165, 1.54) is 31.8 Å². The third-order valence-corrected chi connectivity index (χ3v) is 7.34. The van der Waals surface area contributed by atoms with Crippen LogP contribution in [0.3, 0.4) is 0 Å². The molecule has 2 aliphatic rings. The largest absolute Gasteiger partial charge is 0.493 e. The summed E-state index contributed by atoms with van der Waals surface area (Å²) >= 11 is 5.94. The van der Waals surface area contributed by atoms with Crippen molar-refractivity contribution in [1.29, 1.82) is 0 Å². The Balaban J connectivity index is 1.28. The van der Waals surface area contributed by atoms with Gasteiger partial charge in [-0.25, -0.2) is 14.4 Å². The van der Waals surface area contributed by atoms with Crippen molar-refractivity contribution in [1.82, 2.24) is 20.2 Å². The minimum Gasteiger partial charge on any atom is -0.493 e. The average molecular weight is 484 g/mol. The number of aryl methyl sites for hydroxylation is 1. The van der Waals surface area contributed by atoms with Crippen molar-refractivity contribution in [3.8, 4) is 5.75 Å². The average Bonchev–Trinajstić information content (AvgIpc) is 3.27. The molecule has 34 heavy (non-hydrogen) atoms. The lowest BCUT2D eigenvalue weighted by molar-refractivity contribution is 0.177. The van der Waals surface area contributed by atoms with Gasteiger partial charge in [-0.2, -0.15) is 0 Å². The molecule has 2 saturated heterocycles. The standard InChI is InChI=1S/C26H31ClFN5O/c1-2-17-12-23-20(26(31-16-30-23)32-19-4-5-22(28)21(27)13-19)14-25(17)34-11-3-9-33-10-7-18-15-29-8-6-24(18)33/h4-5,12-14,16,18,24,29H,2-3,6-11,15H2,1H3,(H,30,31,32). The second-order valence-corrected chi connectivity index (χ2v) is 9.56. The Bertz CT molecular complexity index is 1160. The second kappa shape index (κ2) is 10.4. The predicted molar refractivity (Wildman–Crippen MR) is 135 cm³/mol. The maximum Gasteiger partial charge on any atom is 0.141 e. The number of rotatable bonds is 8. The molecule has 0 radical (unpaired) electrons. The zero-order valence-electron chi connectivity index (χ0n) is 19.5. The van der Waals surface area contributed by atoms with E-state index in [0.717, 1.165) is 66.7 Å². The van der Waals surface area contributed by atoms with Gasteiger partial charge in [-0.3, -0.25) is 4.90 Å². The number of fused-ring (bicyclic) bond motifs is 2. The van der Waals surface area contributed by atoms with Crippen molar-refractivity contribution in [2.75, 3.05) is 38.1 Å². The van der Waals surface area contributed by atoms with Crippen molar-refractivity contribution >= 4 is 34.0 Å². The van der Waals surface area contributed by atoms with E-state index < -0.39 is 5.82 Å². The normalized spacial score (nSPS) is 20.4. The summed E-state index contributed by atoms with van der Waals surface area (Å²) in [5.41, 5.74) is 2.63. The van der Waals surface area contributed by atoms with Gasteiger partial charge >= 0.3 is 0 Å². The molecular weight excluding hydrogens is 453 g/mol. The molecule has 2 fully saturated rings. The number of nitrogens with zero attached hydrogens (tertiary/aromatic N) is 3. The van der Waals surface area contributed by atoms with Crippen LogP contribution in [0.2, 0.25) is 5.02 Å². The fourth-order valence-electron chi connectivity index (χ4n) is 5.26. The minimum absolute atomic E-state index is 0.0643. The molecule has 3 aromatic rings. The van der Waals surface area contributed by atoms with E-state index in [1.807, 2.05) is 6.07 Å². The summed E-state index contributed by atoms with van der Waals surface area (Å²) in [6.07, 6.45) is 5.94. The Hall–Kier alpha value is -2.48. The van der Waals surface area contributed by atoms with E-state index >= 15 is 0 Å². The number of hydrogen-bond acceptors (Lipinski definition) is 6. The Kier molecular flexibility index (Phi) is 7.13. The summed E-state index contributed by atoms with van der Waals surface area (Å²) in [5.74, 6) is 1.86. The van der Waals surface area contributed by atoms with Gasteiger partial charge in [0, 0.05) is 23.7 Å². The van der Waals surface area contributed by atoms with Gasteiger partial charge in [0.2, 0.25) is 0 Å². The molecule has 0 saturated carbocycles. The molecule has 2 aromatic carbocycles. The molecule has 2 unspecified atom stereocenters. The van der Waals surface area contributed by atoms with Gasteiger partial charge in [0.05, 0.1) is 17.1 Å². The summed E-state index contributed by atoms with van der Waals surface area (Å²) in [6, 6.07) is 9.34. The Morgan fingerprint density at radius 2 is 2.15 bits per heavy atom. The van der Waals surface area contributed by atoms with Crippen LogP contribution in [-0.2, 0) is 6.42 Å². The van der Waals surface area contributed by atoms with Gasteiger partial charge in [-0.1, -0.05) is 18.5 Å². The van der Waals surface area contributed by atoms with E-state index in [-0.39, 0.29) is 5.02 Å². The van der Waals surface area contributed by atoms with Crippen LogP contribution in [0.15, 0.2) is 36.7 Å². The van der Waals surface area contributed by atoms with Crippen LogP contribution in [0.1, 0.15) is 31.7 Å². The monoisotopic (exact) mass is 483 g/mol. The molecule has 8 heteroatoms. The van der Waals surface area contributed by atoms with Gasteiger partial charge in [0.1, 0.15) is 23.7 Å². The highest BCUT2D eigenvalue weighted by Gasteiger charge is 2.34. The summed E-state index contributed by atoms with van der Waals surface area (Å²) in [6.45, 7) is 7.38. The van der Waals surface area contributed by atoms with Gasteiger partial charge < -0.3 is 15.4 Å². The lowest BCUT2D eigenvalue weighted by Gasteiger charge is -2.32. The smallest absolute Gasteiger partial charge is 0.141 e. The van der Waals surface area contributed by atoms with Crippen molar-refractivity contribution in [3.05, 3.63) is 53.1 Å². The molecule has 5 rings (SSSR count). The van der Waals surface area contributed by atoms with E-state index in [1.54, 1.807) is 12.1 Å². The molecule has 1 aromatic heterocycles. The van der Waals surface area contributed by atoms with Crippen LogP contribution in [0.25, 0.3) is 10.9 Å². The summed E-state index contributed by atoms with van der Waals surface area (Å²) in [7, 11) is 0. The maximum atomic E-state index is 13.5. The lowest BCUT2D eigenvalue weighted by atomic mass is 9.94. The van der Waals surface area contributed by atoms with Crippen LogP contribution in [0.4, 0.5) is 15.9 Å². The number of nitrogens with one attached hydrogen (secondary N) is 2. The summed E-state index contributed by atoms with van der Waals surface area (Å²) < 4.78 is 19.8. The van der Waals surface area contributed by atoms with Gasteiger partial charge in [0.15, 0.2) is 0 Å². The first-order valence-electron chi connectivity index (χ1n) is 12.2. The number of piperidine rings is 1. The highest BCUT2D eigenvalue weighted by Crippen LogP contribution is 2.32. The number of halogens is 2. The number of likely N-dealkylation sites (tertiary alicyclic amines) is 1. The number of benzene rings is 2. The van der Waals surface area contributed by atoms with Crippen LogP contribution in [0, 0.1) is 11.7 Å². The first-order chi connectivity index (χ1) is 16.6. The number of anilines is 2. The fraction of sp³-hybridized carbons (Fsp3) is 0.462. The molecule has 0 spiro atoms. The van der Waals surface area contributed by atoms with Gasteiger partial charge in [-0.15, -0.1) is 0 Å². The highest BCUT2D eigenvalue weighted by molar-refractivity contribution is 6.31. The molecule has 0 bridgehead atoms. The molecule has 2 atom stereocenters. The molecule has 2 aliphatic heterocycles. The minimum atomic E-state index is -0.451. The molecule has 2 N–H and O–H groups in total. The third-order valence-electron chi connectivity index (χ3n) is 7.05. The Morgan fingerprint density at radius 3 is 3.00 bits per heavy atom. The van der Waals surface area contributed by atoms with Crippen molar-refractivity contribution in [2.45, 2.75) is 38.6 Å². The fourth-order valence-corrected chi connectivity index (χ4v) is 5.44. The predicted octanol–water partition coefficient (Wildman–Crippen LogP) is 5.18. The Morgan fingerprint density at radius 1 is 1.24 bits per heavy atom. The molecule has 6 nitrogen and oxygen atoms in total. The first kappa shape index (κ1) is 23.3. The highest BCUT2D eigenvalue weighted by atomic mass is 35.5. The SMILES string of the molecule is CCc1cc2ncnc(Nc3ccc(F)c(Cl)c3)c2cc1OCCCN1CCC2CNCCC21. The van der Waals surface area contributed by atoms with Crippen LogP contribution < -0.4 is 15.4 Å². The summed E-state index contributed by atoms with van der Waals surface area (Å²) in [5, 5.41) is 7.69. The lowest BCUT2D eigenvalue weighted by Crippen LogP contribution is -2.44. The Labute approximate surface area is 204 Å². The van der Waals surface area contributed by atoms with Gasteiger partial charge in [-0.05, 0) is 87.1 Å². The molecule has 0 aliphatic carbocycles. The van der Waals surface area contributed by atoms with E-state index in [9.17, 15) is 4.39 Å². The van der Waals surface area contributed by atoms with Crippen LogP contribution in [-0.4, -0.2) is 53.7 Å². The van der Waals surface area contributed by atoms with Crippen LogP contribution >= 0.6 is 11.6 Å². The van der Waals surface area contributed by atoms with Crippen molar-refractivity contribution < 1.29 is 9.13 Å². The van der Waals surface area contributed by atoms with Gasteiger partial charge in [0.25, 0.3) is 0 Å².